The standard InChI is InChI=1S/C59H51N/c1-58(2)54-21-10-8-19-51(54)52-29-28-47(35-55(52)58)60(56-22-11-9-18-49(56)44-13-4-3-5-14-44)57-30-25-45(34-53(57)50-20-12-16-43-15-6-7-17-48(43)50)42-23-26-46(27-24-42)59-36-39-31-40(37-59)33-41(32-39)38-59/h3-30,34-35,39-41H,31-33,36-38H2,1-2H3. The molecule has 60 heavy (non-hydrogen) atoms. The maximum Gasteiger partial charge on any atom is 0.0540 e. The van der Waals surface area contributed by atoms with Crippen molar-refractivity contribution in [2.75, 3.05) is 4.90 Å². The lowest BCUT2D eigenvalue weighted by molar-refractivity contribution is -0.00518. The first-order chi connectivity index (χ1) is 29.4. The van der Waals surface area contributed by atoms with Gasteiger partial charge in [0.2, 0.25) is 0 Å². The maximum atomic E-state index is 2.54. The van der Waals surface area contributed by atoms with Gasteiger partial charge in [-0.15, -0.1) is 0 Å². The minimum atomic E-state index is -0.128. The molecule has 0 saturated heterocycles. The van der Waals surface area contributed by atoms with E-state index in [0.29, 0.717) is 5.41 Å². The third-order valence-electron chi connectivity index (χ3n) is 15.2. The van der Waals surface area contributed by atoms with Gasteiger partial charge in [-0.2, -0.15) is 0 Å². The second-order valence-corrected chi connectivity index (χ2v) is 19.2. The molecule has 292 valence electrons. The molecule has 4 fully saturated rings. The Morgan fingerprint density at radius 3 is 1.80 bits per heavy atom. The van der Waals surface area contributed by atoms with Crippen LogP contribution in [0.3, 0.4) is 0 Å². The molecule has 0 N–H and O–H groups in total. The molecular formula is C59H51N. The van der Waals surface area contributed by atoms with Crippen molar-refractivity contribution in [2.45, 2.75) is 63.2 Å². The fourth-order valence-electron chi connectivity index (χ4n) is 12.8. The van der Waals surface area contributed by atoms with Crippen molar-refractivity contribution in [1.29, 1.82) is 0 Å². The van der Waals surface area contributed by atoms with E-state index in [0.717, 1.165) is 34.8 Å². The van der Waals surface area contributed by atoms with Crippen molar-refractivity contribution in [3.63, 3.8) is 0 Å². The highest BCUT2D eigenvalue weighted by Crippen LogP contribution is 2.61. The Morgan fingerprint density at radius 2 is 1.02 bits per heavy atom. The number of hydrogen-bond acceptors (Lipinski definition) is 1. The Labute approximate surface area is 355 Å². The second-order valence-electron chi connectivity index (χ2n) is 19.2. The van der Waals surface area contributed by atoms with Crippen LogP contribution in [0.25, 0.3) is 55.3 Å². The summed E-state index contributed by atoms with van der Waals surface area (Å²) < 4.78 is 0. The van der Waals surface area contributed by atoms with E-state index in [9.17, 15) is 0 Å². The molecule has 13 rings (SSSR count). The van der Waals surface area contributed by atoms with Crippen LogP contribution in [0.1, 0.15) is 69.1 Å². The molecular weight excluding hydrogens is 723 g/mol. The van der Waals surface area contributed by atoms with Gasteiger partial charge in [0.15, 0.2) is 0 Å². The Kier molecular flexibility index (Phi) is 8.15. The average molecular weight is 774 g/mol. The van der Waals surface area contributed by atoms with Gasteiger partial charge < -0.3 is 4.90 Å². The number of para-hydroxylation sites is 1. The minimum Gasteiger partial charge on any atom is -0.309 e. The Balaban J connectivity index is 1.06. The molecule has 0 radical (unpaired) electrons. The normalized spacial score (nSPS) is 21.8. The van der Waals surface area contributed by atoms with E-state index in [-0.39, 0.29) is 5.41 Å². The van der Waals surface area contributed by atoms with Crippen LogP contribution < -0.4 is 4.90 Å². The molecule has 0 spiro atoms. The molecule has 0 aromatic heterocycles. The monoisotopic (exact) mass is 773 g/mol. The van der Waals surface area contributed by atoms with Crippen molar-refractivity contribution in [1.82, 2.24) is 0 Å². The van der Waals surface area contributed by atoms with E-state index in [1.54, 1.807) is 5.56 Å². The lowest BCUT2D eigenvalue weighted by atomic mass is 9.48. The smallest absolute Gasteiger partial charge is 0.0540 e. The summed E-state index contributed by atoms with van der Waals surface area (Å²) in [5.41, 5.74) is 18.2. The van der Waals surface area contributed by atoms with Crippen LogP contribution >= 0.6 is 0 Å². The zero-order valence-corrected chi connectivity index (χ0v) is 34.7. The first kappa shape index (κ1) is 35.7. The fraction of sp³-hybridized carbons (Fsp3) is 0.220. The highest BCUT2D eigenvalue weighted by atomic mass is 15.1. The van der Waals surface area contributed by atoms with Crippen molar-refractivity contribution in [3.05, 3.63) is 199 Å². The van der Waals surface area contributed by atoms with Gasteiger partial charge >= 0.3 is 0 Å². The molecule has 0 unspecified atom stereocenters. The summed E-state index contributed by atoms with van der Waals surface area (Å²) in [4.78, 5) is 2.54. The molecule has 4 saturated carbocycles. The van der Waals surface area contributed by atoms with Crippen molar-refractivity contribution in [3.8, 4) is 44.5 Å². The van der Waals surface area contributed by atoms with Crippen LogP contribution in [-0.4, -0.2) is 0 Å². The Hall–Kier alpha value is -6.18. The zero-order chi connectivity index (χ0) is 40.0. The summed E-state index contributed by atoms with van der Waals surface area (Å²) in [5.74, 6) is 2.82. The Bertz CT molecular complexity index is 2890. The summed E-state index contributed by atoms with van der Waals surface area (Å²) in [7, 11) is 0. The number of anilines is 3. The lowest BCUT2D eigenvalue weighted by Gasteiger charge is -2.57. The highest BCUT2D eigenvalue weighted by molar-refractivity contribution is 6.03. The van der Waals surface area contributed by atoms with Gasteiger partial charge in [-0.05, 0) is 153 Å². The van der Waals surface area contributed by atoms with Gasteiger partial charge in [-0.1, -0.05) is 166 Å². The van der Waals surface area contributed by atoms with Gasteiger partial charge in [0.25, 0.3) is 0 Å². The van der Waals surface area contributed by atoms with E-state index < -0.39 is 0 Å². The van der Waals surface area contributed by atoms with Gasteiger partial charge in [-0.3, -0.25) is 0 Å². The summed E-state index contributed by atoms with van der Waals surface area (Å²) >= 11 is 0. The summed E-state index contributed by atoms with van der Waals surface area (Å²) in [6.07, 6.45) is 8.61. The number of hydrogen-bond donors (Lipinski definition) is 0. The van der Waals surface area contributed by atoms with Crippen LogP contribution in [0.4, 0.5) is 17.1 Å². The largest absolute Gasteiger partial charge is 0.309 e. The van der Waals surface area contributed by atoms with Crippen LogP contribution in [0.5, 0.6) is 0 Å². The molecule has 5 aliphatic carbocycles. The van der Waals surface area contributed by atoms with Crippen LogP contribution in [-0.2, 0) is 10.8 Å². The predicted molar refractivity (Wildman–Crippen MR) is 252 cm³/mol. The zero-order valence-electron chi connectivity index (χ0n) is 34.7. The van der Waals surface area contributed by atoms with E-state index in [2.05, 4.69) is 201 Å². The van der Waals surface area contributed by atoms with Gasteiger partial charge in [0.1, 0.15) is 0 Å². The highest BCUT2D eigenvalue weighted by Gasteiger charge is 2.51. The van der Waals surface area contributed by atoms with E-state index in [1.807, 2.05) is 0 Å². The molecule has 4 bridgehead atoms. The Morgan fingerprint density at radius 1 is 0.417 bits per heavy atom. The number of rotatable bonds is 7. The van der Waals surface area contributed by atoms with E-state index >= 15 is 0 Å². The third-order valence-corrected chi connectivity index (χ3v) is 15.2. The first-order valence-corrected chi connectivity index (χ1v) is 22.3. The lowest BCUT2D eigenvalue weighted by Crippen LogP contribution is -2.48. The number of nitrogens with zero attached hydrogens (tertiary/aromatic N) is 1. The van der Waals surface area contributed by atoms with Crippen molar-refractivity contribution in [2.24, 2.45) is 17.8 Å². The number of fused-ring (bicyclic) bond motifs is 4. The van der Waals surface area contributed by atoms with Gasteiger partial charge in [0, 0.05) is 22.2 Å². The van der Waals surface area contributed by atoms with E-state index in [4.69, 9.17) is 0 Å². The molecule has 1 nitrogen and oxygen atoms in total. The number of benzene rings is 8. The molecule has 8 aromatic rings. The molecule has 5 aliphatic rings. The fourth-order valence-corrected chi connectivity index (χ4v) is 12.8. The molecule has 8 aromatic carbocycles. The quantitative estimate of drug-likeness (QED) is 0.156. The molecule has 0 amide bonds. The molecule has 1 heteroatoms. The second kappa shape index (κ2) is 13.7. The van der Waals surface area contributed by atoms with Crippen molar-refractivity contribution >= 4 is 27.8 Å². The average Bonchev–Trinajstić information content (AvgIpc) is 3.51. The van der Waals surface area contributed by atoms with Gasteiger partial charge in [0.05, 0.1) is 11.4 Å². The first-order valence-electron chi connectivity index (χ1n) is 22.3. The topological polar surface area (TPSA) is 3.24 Å². The van der Waals surface area contributed by atoms with Crippen LogP contribution in [0.15, 0.2) is 182 Å². The SMILES string of the molecule is CC1(C)c2ccccc2-c2ccc(N(c3ccccc3-c3ccccc3)c3ccc(-c4ccc(C56CC7CC(CC(C7)C5)C6)cc4)cc3-c3cccc4ccccc34)cc21. The molecule has 0 aliphatic heterocycles. The summed E-state index contributed by atoms with van der Waals surface area (Å²) in [5, 5.41) is 2.51. The van der Waals surface area contributed by atoms with Crippen molar-refractivity contribution < 1.29 is 0 Å². The van der Waals surface area contributed by atoms with Crippen LogP contribution in [0, 0.1) is 17.8 Å². The minimum absolute atomic E-state index is 0.128. The van der Waals surface area contributed by atoms with E-state index in [1.165, 1.54) is 105 Å². The van der Waals surface area contributed by atoms with Crippen LogP contribution in [0.2, 0.25) is 0 Å². The predicted octanol–water partition coefficient (Wildman–Crippen LogP) is 16.1. The summed E-state index contributed by atoms with van der Waals surface area (Å²) in [6.45, 7) is 4.77. The summed E-state index contributed by atoms with van der Waals surface area (Å²) in [6, 6.07) is 68.8. The maximum absolute atomic E-state index is 2.54. The van der Waals surface area contributed by atoms with Gasteiger partial charge in [-0.25, -0.2) is 0 Å². The third kappa shape index (κ3) is 5.66. The molecule has 0 heterocycles. The molecule has 0 atom stereocenters.